The van der Waals surface area contributed by atoms with E-state index in [-0.39, 0.29) is 6.29 Å². The summed E-state index contributed by atoms with van der Waals surface area (Å²) in [4.78, 5) is 0. The molecular weight excluding hydrogens is 248 g/mol. The topological polar surface area (TPSA) is 18.5 Å². The third-order valence-corrected chi connectivity index (χ3v) is 4.67. The van der Waals surface area contributed by atoms with Gasteiger partial charge in [0.1, 0.15) is 5.75 Å². The van der Waals surface area contributed by atoms with Crippen LogP contribution in [0.15, 0.2) is 36.4 Å². The molecule has 1 aliphatic heterocycles. The predicted octanol–water partition coefficient (Wildman–Crippen LogP) is 4.66. The van der Waals surface area contributed by atoms with Crippen molar-refractivity contribution in [2.75, 3.05) is 0 Å². The number of hydrogen-bond donors (Lipinski definition) is 0. The van der Waals surface area contributed by atoms with Crippen molar-refractivity contribution >= 4 is 10.8 Å². The van der Waals surface area contributed by atoms with E-state index in [2.05, 4.69) is 36.4 Å². The second kappa shape index (κ2) is 5.10. The Hall–Kier alpha value is -1.54. The minimum Gasteiger partial charge on any atom is -0.464 e. The molecule has 0 saturated heterocycles. The van der Waals surface area contributed by atoms with Gasteiger partial charge in [-0.15, -0.1) is 0 Å². The molecule has 1 aliphatic carbocycles. The zero-order valence-electron chi connectivity index (χ0n) is 11.7. The van der Waals surface area contributed by atoms with E-state index in [0.29, 0.717) is 12.5 Å². The molecule has 0 spiro atoms. The summed E-state index contributed by atoms with van der Waals surface area (Å²) in [5.41, 5.74) is 1.20. The molecule has 0 bridgehead atoms. The zero-order chi connectivity index (χ0) is 13.4. The van der Waals surface area contributed by atoms with Crippen molar-refractivity contribution in [3.63, 3.8) is 0 Å². The smallest absolute Gasteiger partial charge is 0.203 e. The lowest BCUT2D eigenvalue weighted by Crippen LogP contribution is -2.34. The highest BCUT2D eigenvalue weighted by atomic mass is 16.7. The number of fused-ring (bicyclic) bond motifs is 3. The van der Waals surface area contributed by atoms with Crippen LogP contribution in [0.1, 0.15) is 37.7 Å². The lowest BCUT2D eigenvalue weighted by Gasteiger charge is -2.34. The molecule has 2 aromatic rings. The number of ether oxygens (including phenoxy) is 2. The number of benzene rings is 2. The number of rotatable bonds is 1. The molecule has 1 unspecified atom stereocenters. The molecule has 104 valence electrons. The van der Waals surface area contributed by atoms with Crippen molar-refractivity contribution in [2.45, 2.75) is 45.0 Å². The summed E-state index contributed by atoms with van der Waals surface area (Å²) >= 11 is 0. The SMILES string of the molecule is c1ccc2c3c(ccc2c1)OC(C1CCCCC1)OC3. The van der Waals surface area contributed by atoms with Crippen molar-refractivity contribution in [3.05, 3.63) is 42.0 Å². The van der Waals surface area contributed by atoms with Crippen LogP contribution in [-0.4, -0.2) is 6.29 Å². The van der Waals surface area contributed by atoms with Crippen molar-refractivity contribution in [1.82, 2.24) is 0 Å². The Kier molecular flexibility index (Phi) is 3.12. The van der Waals surface area contributed by atoms with Crippen LogP contribution in [0, 0.1) is 5.92 Å². The van der Waals surface area contributed by atoms with Crippen LogP contribution in [-0.2, 0) is 11.3 Å². The monoisotopic (exact) mass is 268 g/mol. The summed E-state index contributed by atoms with van der Waals surface area (Å²) in [6.07, 6.45) is 6.45. The highest BCUT2D eigenvalue weighted by molar-refractivity contribution is 5.87. The van der Waals surface area contributed by atoms with Crippen LogP contribution in [0.3, 0.4) is 0 Å². The molecule has 1 heterocycles. The summed E-state index contributed by atoms with van der Waals surface area (Å²) in [7, 11) is 0. The molecule has 0 aromatic heterocycles. The molecule has 2 heteroatoms. The van der Waals surface area contributed by atoms with Crippen LogP contribution in [0.4, 0.5) is 0 Å². The zero-order valence-corrected chi connectivity index (χ0v) is 11.7. The van der Waals surface area contributed by atoms with Crippen molar-refractivity contribution in [2.24, 2.45) is 5.92 Å². The molecule has 2 aliphatic rings. The van der Waals surface area contributed by atoms with E-state index >= 15 is 0 Å². The Morgan fingerprint density at radius 3 is 2.65 bits per heavy atom. The molecule has 1 saturated carbocycles. The molecule has 1 fully saturated rings. The van der Waals surface area contributed by atoms with Gasteiger partial charge >= 0.3 is 0 Å². The second-order valence-electron chi connectivity index (χ2n) is 5.96. The van der Waals surface area contributed by atoms with Gasteiger partial charge < -0.3 is 9.47 Å². The fourth-order valence-electron chi connectivity index (χ4n) is 3.54. The molecule has 1 atom stereocenters. The van der Waals surface area contributed by atoms with Gasteiger partial charge in [0.05, 0.1) is 6.61 Å². The van der Waals surface area contributed by atoms with Gasteiger partial charge in [0, 0.05) is 11.5 Å². The first-order valence-corrected chi connectivity index (χ1v) is 7.71. The van der Waals surface area contributed by atoms with E-state index in [1.165, 1.54) is 48.4 Å². The van der Waals surface area contributed by atoms with Crippen LogP contribution >= 0.6 is 0 Å². The Bertz CT molecular complexity index is 614. The van der Waals surface area contributed by atoms with Crippen LogP contribution < -0.4 is 4.74 Å². The molecule has 0 N–H and O–H groups in total. The van der Waals surface area contributed by atoms with Crippen molar-refractivity contribution < 1.29 is 9.47 Å². The largest absolute Gasteiger partial charge is 0.464 e. The Morgan fingerprint density at radius 2 is 1.75 bits per heavy atom. The fourth-order valence-corrected chi connectivity index (χ4v) is 3.54. The molecule has 20 heavy (non-hydrogen) atoms. The average molecular weight is 268 g/mol. The van der Waals surface area contributed by atoms with Gasteiger partial charge in [0.2, 0.25) is 6.29 Å². The van der Waals surface area contributed by atoms with E-state index in [1.807, 2.05) is 0 Å². The summed E-state index contributed by atoms with van der Waals surface area (Å²) < 4.78 is 12.2. The first kappa shape index (κ1) is 12.2. The normalized spacial score (nSPS) is 23.3. The minimum absolute atomic E-state index is 0.0380. The minimum atomic E-state index is -0.0380. The quantitative estimate of drug-likeness (QED) is 0.749. The highest BCUT2D eigenvalue weighted by Gasteiger charge is 2.30. The van der Waals surface area contributed by atoms with Gasteiger partial charge in [0.15, 0.2) is 0 Å². The third kappa shape index (κ3) is 2.08. The van der Waals surface area contributed by atoms with E-state index < -0.39 is 0 Å². The van der Waals surface area contributed by atoms with Crippen molar-refractivity contribution in [3.8, 4) is 5.75 Å². The molecular formula is C18H20O2. The second-order valence-corrected chi connectivity index (χ2v) is 5.96. The van der Waals surface area contributed by atoms with Gasteiger partial charge in [-0.05, 0) is 29.7 Å². The Labute approximate surface area is 119 Å². The van der Waals surface area contributed by atoms with Gasteiger partial charge in [-0.3, -0.25) is 0 Å². The summed E-state index contributed by atoms with van der Waals surface area (Å²) in [6, 6.07) is 12.7. The van der Waals surface area contributed by atoms with E-state index in [9.17, 15) is 0 Å². The first-order chi connectivity index (χ1) is 9.92. The van der Waals surface area contributed by atoms with Gasteiger partial charge in [0.25, 0.3) is 0 Å². The summed E-state index contributed by atoms with van der Waals surface area (Å²) in [5.74, 6) is 1.59. The van der Waals surface area contributed by atoms with E-state index in [1.54, 1.807) is 0 Å². The van der Waals surface area contributed by atoms with Gasteiger partial charge in [-0.25, -0.2) is 0 Å². The fraction of sp³-hybridized carbons (Fsp3) is 0.444. The summed E-state index contributed by atoms with van der Waals surface area (Å²) in [5, 5.41) is 2.52. The number of hydrogen-bond acceptors (Lipinski definition) is 2. The first-order valence-electron chi connectivity index (χ1n) is 7.71. The molecule has 4 rings (SSSR count). The average Bonchev–Trinajstić information content (AvgIpc) is 2.55. The molecule has 2 aromatic carbocycles. The molecule has 0 amide bonds. The van der Waals surface area contributed by atoms with Gasteiger partial charge in [-0.1, -0.05) is 49.6 Å². The van der Waals surface area contributed by atoms with Crippen molar-refractivity contribution in [1.29, 1.82) is 0 Å². The van der Waals surface area contributed by atoms with Crippen LogP contribution in [0.5, 0.6) is 5.75 Å². The Morgan fingerprint density at radius 1 is 0.900 bits per heavy atom. The van der Waals surface area contributed by atoms with Crippen LogP contribution in [0.2, 0.25) is 0 Å². The third-order valence-electron chi connectivity index (χ3n) is 4.67. The Balaban J connectivity index is 1.64. The van der Waals surface area contributed by atoms with E-state index in [4.69, 9.17) is 9.47 Å². The standard InChI is InChI=1S/C18H20O2/c1-2-7-14(8-3-1)18-19-12-16-15-9-5-4-6-13(15)10-11-17(16)20-18/h4-6,9-11,14,18H,1-3,7-8,12H2. The van der Waals surface area contributed by atoms with Gasteiger partial charge in [-0.2, -0.15) is 0 Å². The predicted molar refractivity (Wildman–Crippen MR) is 79.7 cm³/mol. The highest BCUT2D eigenvalue weighted by Crippen LogP contribution is 2.37. The van der Waals surface area contributed by atoms with E-state index in [0.717, 1.165) is 5.75 Å². The summed E-state index contributed by atoms with van der Waals surface area (Å²) in [6.45, 7) is 0.678. The maximum Gasteiger partial charge on any atom is 0.203 e. The maximum absolute atomic E-state index is 6.16. The lowest BCUT2D eigenvalue weighted by atomic mass is 9.88. The maximum atomic E-state index is 6.16. The lowest BCUT2D eigenvalue weighted by molar-refractivity contribution is -0.145. The molecule has 0 radical (unpaired) electrons. The van der Waals surface area contributed by atoms with Crippen LogP contribution in [0.25, 0.3) is 10.8 Å². The molecule has 2 nitrogen and oxygen atoms in total.